The molecular weight excluding hydrogens is 460 g/mol. The summed E-state index contributed by atoms with van der Waals surface area (Å²) < 4.78 is 16.4. The molecule has 8 nitrogen and oxygen atoms in total. The van der Waals surface area contributed by atoms with Gasteiger partial charge in [0.25, 0.3) is 11.8 Å². The van der Waals surface area contributed by atoms with Crippen LogP contribution in [-0.2, 0) is 14.3 Å². The Kier molecular flexibility index (Phi) is 8.60. The maximum absolute atomic E-state index is 12.9. The Morgan fingerprint density at radius 1 is 0.917 bits per heavy atom. The number of hydrogen-bond acceptors (Lipinski definition) is 6. The minimum absolute atomic E-state index is 0.0394. The molecule has 4 rings (SSSR count). The van der Waals surface area contributed by atoms with Crippen LogP contribution in [0.25, 0.3) is 6.08 Å². The van der Waals surface area contributed by atoms with Crippen molar-refractivity contribution in [2.24, 2.45) is 5.92 Å². The average molecular weight is 493 g/mol. The van der Waals surface area contributed by atoms with E-state index in [-0.39, 0.29) is 18.8 Å². The molecule has 2 aromatic rings. The van der Waals surface area contributed by atoms with Crippen molar-refractivity contribution in [3.63, 3.8) is 0 Å². The second kappa shape index (κ2) is 12.2. The van der Waals surface area contributed by atoms with Crippen LogP contribution in [0, 0.1) is 5.92 Å². The van der Waals surface area contributed by atoms with Gasteiger partial charge in [0, 0.05) is 12.5 Å². The van der Waals surface area contributed by atoms with Crippen molar-refractivity contribution in [1.29, 1.82) is 0 Å². The maximum atomic E-state index is 12.9. The molecule has 8 heteroatoms. The highest BCUT2D eigenvalue weighted by atomic mass is 16.5. The summed E-state index contributed by atoms with van der Waals surface area (Å²) >= 11 is 0. The van der Waals surface area contributed by atoms with E-state index in [0.717, 1.165) is 36.5 Å². The first-order valence-electron chi connectivity index (χ1n) is 12.4. The fourth-order valence-electron chi connectivity index (χ4n) is 3.45. The molecule has 0 atom stereocenters. The Balaban J connectivity index is 1.39. The molecule has 0 unspecified atom stereocenters. The number of hydrogen-bond donors (Lipinski definition) is 2. The van der Waals surface area contributed by atoms with Crippen molar-refractivity contribution in [1.82, 2.24) is 10.6 Å². The van der Waals surface area contributed by atoms with Gasteiger partial charge in [-0.05, 0) is 73.2 Å². The van der Waals surface area contributed by atoms with E-state index >= 15 is 0 Å². The van der Waals surface area contributed by atoms with Gasteiger partial charge in [-0.1, -0.05) is 25.0 Å². The zero-order valence-electron chi connectivity index (χ0n) is 20.5. The largest absolute Gasteiger partial charge is 0.494 e. The van der Waals surface area contributed by atoms with Crippen LogP contribution in [0.2, 0.25) is 0 Å². The van der Waals surface area contributed by atoms with Crippen LogP contribution >= 0.6 is 0 Å². The van der Waals surface area contributed by atoms with Crippen LogP contribution in [0.3, 0.4) is 0 Å². The number of carbonyl (C=O) groups is 3. The lowest BCUT2D eigenvalue weighted by Crippen LogP contribution is -2.36. The van der Waals surface area contributed by atoms with Crippen LogP contribution in [0.5, 0.6) is 11.5 Å². The first-order valence-corrected chi connectivity index (χ1v) is 12.4. The van der Waals surface area contributed by atoms with Crippen molar-refractivity contribution in [2.75, 3.05) is 19.8 Å². The SMILES string of the molecule is CC(=O)OCCNC(=O)/C(=C/c1ccc(OC2CC2)cc1)NC(=O)c1ccc(OCCC2CC2)cc1. The molecule has 2 saturated carbocycles. The minimum atomic E-state index is -0.492. The highest BCUT2D eigenvalue weighted by Gasteiger charge is 2.23. The van der Waals surface area contributed by atoms with Gasteiger partial charge in [-0.25, -0.2) is 0 Å². The number of rotatable bonds is 13. The quantitative estimate of drug-likeness (QED) is 0.250. The summed E-state index contributed by atoms with van der Waals surface area (Å²) in [5.41, 5.74) is 1.20. The summed E-state index contributed by atoms with van der Waals surface area (Å²) in [4.78, 5) is 36.7. The van der Waals surface area contributed by atoms with Crippen LogP contribution in [0.1, 0.15) is 54.9 Å². The molecule has 2 amide bonds. The van der Waals surface area contributed by atoms with E-state index < -0.39 is 17.8 Å². The molecule has 0 saturated heterocycles. The maximum Gasteiger partial charge on any atom is 0.302 e. The Morgan fingerprint density at radius 2 is 1.61 bits per heavy atom. The first-order chi connectivity index (χ1) is 17.5. The number of carbonyl (C=O) groups excluding carboxylic acids is 3. The van der Waals surface area contributed by atoms with E-state index in [0.29, 0.717) is 24.0 Å². The molecule has 2 aliphatic rings. The van der Waals surface area contributed by atoms with E-state index in [9.17, 15) is 14.4 Å². The smallest absolute Gasteiger partial charge is 0.302 e. The Morgan fingerprint density at radius 3 is 2.25 bits per heavy atom. The zero-order valence-corrected chi connectivity index (χ0v) is 20.5. The molecule has 0 radical (unpaired) electrons. The van der Waals surface area contributed by atoms with E-state index in [1.807, 2.05) is 24.3 Å². The second-order valence-corrected chi connectivity index (χ2v) is 9.10. The average Bonchev–Trinajstić information content (AvgIpc) is 3.80. The zero-order chi connectivity index (χ0) is 25.3. The van der Waals surface area contributed by atoms with Crippen molar-refractivity contribution < 1.29 is 28.6 Å². The highest BCUT2D eigenvalue weighted by molar-refractivity contribution is 6.05. The number of amides is 2. The predicted octanol–water partition coefficient (Wildman–Crippen LogP) is 3.86. The number of nitrogens with one attached hydrogen (secondary N) is 2. The van der Waals surface area contributed by atoms with Gasteiger partial charge in [0.2, 0.25) is 0 Å². The van der Waals surface area contributed by atoms with Gasteiger partial charge in [0.05, 0.1) is 19.3 Å². The first kappa shape index (κ1) is 25.3. The summed E-state index contributed by atoms with van der Waals surface area (Å²) in [6.45, 7) is 2.12. The molecule has 0 heterocycles. The van der Waals surface area contributed by atoms with Gasteiger partial charge in [-0.3, -0.25) is 14.4 Å². The van der Waals surface area contributed by atoms with Crippen LogP contribution in [0.15, 0.2) is 54.2 Å². The summed E-state index contributed by atoms with van der Waals surface area (Å²) in [5.74, 6) is 0.929. The van der Waals surface area contributed by atoms with E-state index in [2.05, 4.69) is 10.6 Å². The molecule has 2 aliphatic carbocycles. The van der Waals surface area contributed by atoms with Crippen LogP contribution in [-0.4, -0.2) is 43.6 Å². The fraction of sp³-hybridized carbons (Fsp3) is 0.393. The lowest BCUT2D eigenvalue weighted by molar-refractivity contribution is -0.141. The Bertz CT molecular complexity index is 1090. The number of esters is 1. The normalized spacial score (nSPS) is 15.1. The van der Waals surface area contributed by atoms with E-state index in [4.69, 9.17) is 14.2 Å². The van der Waals surface area contributed by atoms with Gasteiger partial charge < -0.3 is 24.8 Å². The van der Waals surface area contributed by atoms with E-state index in [1.165, 1.54) is 19.8 Å². The molecule has 0 aromatic heterocycles. The molecule has 36 heavy (non-hydrogen) atoms. The number of ether oxygens (including phenoxy) is 3. The van der Waals surface area contributed by atoms with Crippen molar-refractivity contribution >= 4 is 23.9 Å². The third kappa shape index (κ3) is 8.45. The molecular formula is C28H32N2O6. The minimum Gasteiger partial charge on any atom is -0.494 e. The highest BCUT2D eigenvalue weighted by Crippen LogP contribution is 2.32. The predicted molar refractivity (Wildman–Crippen MR) is 134 cm³/mol. The molecule has 2 fully saturated rings. The molecule has 0 spiro atoms. The lowest BCUT2D eigenvalue weighted by Gasteiger charge is -2.12. The third-order valence-electron chi connectivity index (χ3n) is 5.81. The Hall–Kier alpha value is -3.81. The lowest BCUT2D eigenvalue weighted by atomic mass is 10.1. The van der Waals surface area contributed by atoms with Crippen LogP contribution < -0.4 is 20.1 Å². The molecule has 0 aliphatic heterocycles. The summed E-state index contributed by atoms with van der Waals surface area (Å²) in [6.07, 6.45) is 7.64. The van der Waals surface area contributed by atoms with Gasteiger partial charge in [0.15, 0.2) is 0 Å². The topological polar surface area (TPSA) is 103 Å². The third-order valence-corrected chi connectivity index (χ3v) is 5.81. The second-order valence-electron chi connectivity index (χ2n) is 9.10. The van der Waals surface area contributed by atoms with Crippen LogP contribution in [0.4, 0.5) is 0 Å². The monoisotopic (exact) mass is 492 g/mol. The standard InChI is InChI=1S/C28H32N2O6/c1-19(31)34-17-15-29-28(33)26(18-21-4-8-24(9-5-21)36-25-12-13-25)30-27(32)22-6-10-23(11-7-22)35-16-14-20-2-3-20/h4-11,18,20,25H,2-3,12-17H2,1H3,(H,29,33)(H,30,32)/b26-18-. The van der Waals surface area contributed by atoms with Gasteiger partial charge in [-0.15, -0.1) is 0 Å². The van der Waals surface area contributed by atoms with E-state index in [1.54, 1.807) is 30.3 Å². The van der Waals surface area contributed by atoms with Crippen molar-refractivity contribution in [3.8, 4) is 11.5 Å². The molecule has 2 aromatic carbocycles. The summed E-state index contributed by atoms with van der Waals surface area (Å²) in [7, 11) is 0. The van der Waals surface area contributed by atoms with Crippen molar-refractivity contribution in [3.05, 3.63) is 65.4 Å². The van der Waals surface area contributed by atoms with Crippen molar-refractivity contribution in [2.45, 2.75) is 45.1 Å². The molecule has 190 valence electrons. The summed E-state index contributed by atoms with van der Waals surface area (Å²) in [6, 6.07) is 14.2. The fourth-order valence-corrected chi connectivity index (χ4v) is 3.45. The molecule has 2 N–H and O–H groups in total. The van der Waals surface area contributed by atoms with Gasteiger partial charge in [0.1, 0.15) is 23.8 Å². The Labute approximate surface area is 211 Å². The molecule has 0 bridgehead atoms. The summed E-state index contributed by atoms with van der Waals surface area (Å²) in [5, 5.41) is 5.37. The van der Waals surface area contributed by atoms with Gasteiger partial charge in [-0.2, -0.15) is 0 Å². The van der Waals surface area contributed by atoms with Gasteiger partial charge >= 0.3 is 5.97 Å². The number of benzene rings is 2.